The van der Waals surface area contributed by atoms with Crippen molar-refractivity contribution in [1.82, 2.24) is 9.13 Å². The average Bonchev–Trinajstić information content (AvgIpc) is 3.41. The first-order valence-corrected chi connectivity index (χ1v) is 13.8. The van der Waals surface area contributed by atoms with Gasteiger partial charge >= 0.3 is 5.97 Å². The fourth-order valence-corrected chi connectivity index (χ4v) is 6.23. The number of fused-ring (bicyclic) bond motifs is 1. The van der Waals surface area contributed by atoms with E-state index in [0.717, 1.165) is 22.6 Å². The molecular formula is C31H31N3O5S. The van der Waals surface area contributed by atoms with Crippen LogP contribution in [0.15, 0.2) is 75.7 Å². The number of rotatable bonds is 7. The van der Waals surface area contributed by atoms with Crippen molar-refractivity contribution in [3.05, 3.63) is 108 Å². The molecule has 0 fully saturated rings. The zero-order valence-corrected chi connectivity index (χ0v) is 24.2. The third-order valence-corrected chi connectivity index (χ3v) is 8.00. The topological polar surface area (TPSA) is 84.1 Å². The summed E-state index contributed by atoms with van der Waals surface area (Å²) in [6.07, 6.45) is 1.90. The number of carbonyl (C=O) groups is 1. The Bertz CT molecular complexity index is 1810. The van der Waals surface area contributed by atoms with Gasteiger partial charge in [0.2, 0.25) is 0 Å². The Morgan fingerprint density at radius 3 is 2.48 bits per heavy atom. The van der Waals surface area contributed by atoms with E-state index >= 15 is 0 Å². The molecule has 3 heterocycles. The number of aromatic nitrogens is 2. The zero-order chi connectivity index (χ0) is 28.6. The maximum atomic E-state index is 14.1. The number of carbonyl (C=O) groups excluding carboxylic acids is 1. The molecule has 0 saturated heterocycles. The van der Waals surface area contributed by atoms with Crippen molar-refractivity contribution >= 4 is 23.4 Å². The number of hydrogen-bond donors (Lipinski definition) is 0. The lowest BCUT2D eigenvalue weighted by Gasteiger charge is -2.26. The average molecular weight is 558 g/mol. The van der Waals surface area contributed by atoms with E-state index in [-0.39, 0.29) is 17.7 Å². The first kappa shape index (κ1) is 27.2. The molecule has 0 saturated carbocycles. The Balaban J connectivity index is 1.74. The highest BCUT2D eigenvalue weighted by Gasteiger charge is 2.35. The predicted octanol–water partition coefficient (Wildman–Crippen LogP) is 4.22. The quantitative estimate of drug-likeness (QED) is 0.318. The molecule has 9 heteroatoms. The first-order valence-electron chi connectivity index (χ1n) is 12.9. The lowest BCUT2D eigenvalue weighted by atomic mass is 9.94. The molecule has 5 rings (SSSR count). The Hall–Kier alpha value is -4.37. The highest BCUT2D eigenvalue weighted by Crippen LogP contribution is 2.37. The number of nitrogens with zero attached hydrogens (tertiary/aromatic N) is 3. The van der Waals surface area contributed by atoms with Gasteiger partial charge in [0.1, 0.15) is 17.5 Å². The van der Waals surface area contributed by atoms with E-state index in [9.17, 15) is 9.59 Å². The van der Waals surface area contributed by atoms with Crippen LogP contribution in [0.3, 0.4) is 0 Å². The number of esters is 1. The van der Waals surface area contributed by atoms with Gasteiger partial charge < -0.3 is 18.8 Å². The summed E-state index contributed by atoms with van der Waals surface area (Å²) in [5.74, 6) is 0.562. The van der Waals surface area contributed by atoms with Crippen LogP contribution in [0.2, 0.25) is 0 Å². The van der Waals surface area contributed by atoms with Gasteiger partial charge in [-0.05, 0) is 75.7 Å². The summed E-state index contributed by atoms with van der Waals surface area (Å²) in [4.78, 5) is 32.5. The molecule has 1 aliphatic rings. The van der Waals surface area contributed by atoms with Gasteiger partial charge in [-0.3, -0.25) is 9.36 Å². The third-order valence-electron chi connectivity index (χ3n) is 7.02. The molecule has 2 aromatic carbocycles. The maximum Gasteiger partial charge on any atom is 0.338 e. The summed E-state index contributed by atoms with van der Waals surface area (Å²) in [5, 5.41) is 0. The molecule has 2 aromatic heterocycles. The van der Waals surface area contributed by atoms with Crippen molar-refractivity contribution in [3.63, 3.8) is 0 Å². The lowest BCUT2D eigenvalue weighted by Crippen LogP contribution is -2.40. The van der Waals surface area contributed by atoms with Gasteiger partial charge in [-0.1, -0.05) is 29.5 Å². The minimum absolute atomic E-state index is 0.193. The van der Waals surface area contributed by atoms with Gasteiger partial charge in [0, 0.05) is 22.6 Å². The van der Waals surface area contributed by atoms with E-state index in [1.54, 1.807) is 50.8 Å². The molecule has 1 aliphatic heterocycles. The Morgan fingerprint density at radius 1 is 1.05 bits per heavy atom. The number of allylic oxidation sites excluding steroid dienone is 1. The summed E-state index contributed by atoms with van der Waals surface area (Å²) in [7, 11) is 3.12. The van der Waals surface area contributed by atoms with Gasteiger partial charge in [-0.2, -0.15) is 0 Å². The van der Waals surface area contributed by atoms with E-state index in [4.69, 9.17) is 14.2 Å². The summed E-state index contributed by atoms with van der Waals surface area (Å²) in [5.41, 5.74) is 5.19. The molecule has 0 aliphatic carbocycles. The smallest absolute Gasteiger partial charge is 0.338 e. The highest BCUT2D eigenvalue weighted by atomic mass is 32.1. The van der Waals surface area contributed by atoms with Gasteiger partial charge in [0.05, 0.1) is 36.6 Å². The van der Waals surface area contributed by atoms with Crippen LogP contribution in [0, 0.1) is 13.8 Å². The van der Waals surface area contributed by atoms with Crippen molar-refractivity contribution < 1.29 is 19.0 Å². The van der Waals surface area contributed by atoms with E-state index in [2.05, 4.69) is 27.8 Å². The molecule has 0 bridgehead atoms. The molecule has 8 nitrogen and oxygen atoms in total. The van der Waals surface area contributed by atoms with Crippen molar-refractivity contribution in [2.45, 2.75) is 33.7 Å². The van der Waals surface area contributed by atoms with Crippen molar-refractivity contribution in [1.29, 1.82) is 0 Å². The number of ether oxygens (including phenoxy) is 3. The molecule has 40 heavy (non-hydrogen) atoms. The second kappa shape index (κ2) is 11.0. The molecule has 0 amide bonds. The Morgan fingerprint density at radius 2 is 1.80 bits per heavy atom. The monoisotopic (exact) mass is 557 g/mol. The number of benzene rings is 2. The molecule has 1 atom stereocenters. The SMILES string of the molecule is CCOC(=O)C1=C(C)N=c2s/c(=C/c3cc(C)n(-c4ccccc4)c3C)c(=O)n2C1c1cc(OC)ccc1OC. The first-order chi connectivity index (χ1) is 19.3. The highest BCUT2D eigenvalue weighted by molar-refractivity contribution is 7.07. The fraction of sp³-hybridized carbons (Fsp3) is 0.258. The molecule has 0 radical (unpaired) electrons. The second-order valence-corrected chi connectivity index (χ2v) is 10.4. The van der Waals surface area contributed by atoms with E-state index < -0.39 is 12.0 Å². The van der Waals surface area contributed by atoms with Gasteiger partial charge in [0.25, 0.3) is 5.56 Å². The van der Waals surface area contributed by atoms with E-state index in [0.29, 0.717) is 32.1 Å². The van der Waals surface area contributed by atoms with Crippen molar-refractivity contribution in [2.24, 2.45) is 4.99 Å². The van der Waals surface area contributed by atoms with Crippen LogP contribution < -0.4 is 24.4 Å². The van der Waals surface area contributed by atoms with E-state index in [1.807, 2.05) is 38.1 Å². The summed E-state index contributed by atoms with van der Waals surface area (Å²) in [6, 6.07) is 16.7. The molecule has 0 N–H and O–H groups in total. The number of para-hydroxylation sites is 1. The maximum absolute atomic E-state index is 14.1. The molecule has 1 unspecified atom stereocenters. The predicted molar refractivity (Wildman–Crippen MR) is 155 cm³/mol. The van der Waals surface area contributed by atoms with Crippen LogP contribution in [-0.4, -0.2) is 35.9 Å². The van der Waals surface area contributed by atoms with Gasteiger partial charge in [0.15, 0.2) is 4.80 Å². The van der Waals surface area contributed by atoms with Crippen LogP contribution in [0.25, 0.3) is 11.8 Å². The standard InChI is InChI=1S/C31H31N3O5S/c1-7-39-30(36)27-19(3)32-31-34(28(27)24-17-23(37-5)13-14-25(24)38-6)29(35)26(40-31)16-21-15-18(2)33(20(21)4)22-11-9-8-10-12-22/h8-17,28H,7H2,1-6H3/b26-16+. The number of methoxy groups -OCH3 is 2. The summed E-state index contributed by atoms with van der Waals surface area (Å²) >= 11 is 1.29. The fourth-order valence-electron chi connectivity index (χ4n) is 5.19. The molecule has 206 valence electrons. The molecular weight excluding hydrogens is 526 g/mol. The summed E-state index contributed by atoms with van der Waals surface area (Å²) < 4.78 is 20.8. The van der Waals surface area contributed by atoms with Gasteiger partial charge in [-0.25, -0.2) is 9.79 Å². The number of hydrogen-bond acceptors (Lipinski definition) is 7. The van der Waals surface area contributed by atoms with Crippen molar-refractivity contribution in [2.75, 3.05) is 20.8 Å². The van der Waals surface area contributed by atoms with Crippen LogP contribution >= 0.6 is 11.3 Å². The van der Waals surface area contributed by atoms with Crippen LogP contribution in [0.1, 0.15) is 42.4 Å². The van der Waals surface area contributed by atoms with E-state index in [1.165, 1.54) is 11.3 Å². The van der Waals surface area contributed by atoms with Crippen LogP contribution in [-0.2, 0) is 9.53 Å². The number of aryl methyl sites for hydroxylation is 1. The largest absolute Gasteiger partial charge is 0.497 e. The molecule has 4 aromatic rings. The Kier molecular flexibility index (Phi) is 7.49. The van der Waals surface area contributed by atoms with Gasteiger partial charge in [-0.15, -0.1) is 0 Å². The normalized spacial score (nSPS) is 15.1. The number of thiazole rings is 1. The minimum Gasteiger partial charge on any atom is -0.497 e. The van der Waals surface area contributed by atoms with Crippen LogP contribution in [0.5, 0.6) is 11.5 Å². The summed E-state index contributed by atoms with van der Waals surface area (Å²) in [6.45, 7) is 7.78. The second-order valence-electron chi connectivity index (χ2n) is 9.41. The van der Waals surface area contributed by atoms with Crippen LogP contribution in [0.4, 0.5) is 0 Å². The molecule has 0 spiro atoms. The lowest BCUT2D eigenvalue weighted by molar-refractivity contribution is -0.139. The zero-order valence-electron chi connectivity index (χ0n) is 23.3. The third kappa shape index (κ3) is 4.66. The van der Waals surface area contributed by atoms with Crippen molar-refractivity contribution in [3.8, 4) is 17.2 Å². The minimum atomic E-state index is -0.806. The Labute approximate surface area is 236 Å².